The minimum Gasteiger partial charge on any atom is -0.318 e. The van der Waals surface area contributed by atoms with E-state index in [9.17, 15) is 0 Å². The van der Waals surface area contributed by atoms with Gasteiger partial charge >= 0.3 is 0 Å². The third-order valence-electron chi connectivity index (χ3n) is 4.25. The number of nitrogens with zero attached hydrogens (tertiary/aromatic N) is 2. The van der Waals surface area contributed by atoms with Crippen LogP contribution in [-0.2, 0) is 0 Å². The van der Waals surface area contributed by atoms with Gasteiger partial charge in [-0.05, 0) is 65.8 Å². The Morgan fingerprint density at radius 2 is 1.88 bits per heavy atom. The van der Waals surface area contributed by atoms with E-state index in [1.54, 1.807) is 0 Å². The fraction of sp³-hybridized carbons (Fsp3) is 1.00. The molecule has 2 unspecified atom stereocenters. The third kappa shape index (κ3) is 2.96. The normalized spacial score (nSPS) is 34.1. The van der Waals surface area contributed by atoms with E-state index in [4.69, 9.17) is 0 Å². The average molecular weight is 225 g/mol. The molecule has 0 bridgehead atoms. The second kappa shape index (κ2) is 5.99. The van der Waals surface area contributed by atoms with Crippen molar-refractivity contribution in [2.45, 2.75) is 44.2 Å². The van der Waals surface area contributed by atoms with Crippen LogP contribution in [0.25, 0.3) is 0 Å². The van der Waals surface area contributed by atoms with Crippen LogP contribution in [0, 0.1) is 0 Å². The molecule has 3 nitrogen and oxygen atoms in total. The number of likely N-dealkylation sites (tertiary alicyclic amines) is 2. The van der Waals surface area contributed by atoms with Gasteiger partial charge < -0.3 is 10.2 Å². The van der Waals surface area contributed by atoms with Crippen molar-refractivity contribution in [3.05, 3.63) is 0 Å². The topological polar surface area (TPSA) is 18.5 Å². The summed E-state index contributed by atoms with van der Waals surface area (Å²) in [6.45, 7) is 5.08. The first kappa shape index (κ1) is 12.3. The van der Waals surface area contributed by atoms with Crippen LogP contribution in [0.1, 0.15) is 32.1 Å². The SMILES string of the molecule is CNCC1CCCN1C1CCCN(C)CC1. The Balaban J connectivity index is 1.89. The summed E-state index contributed by atoms with van der Waals surface area (Å²) in [7, 11) is 4.34. The first-order valence-electron chi connectivity index (χ1n) is 6.90. The molecule has 2 aliphatic heterocycles. The first-order valence-corrected chi connectivity index (χ1v) is 6.90. The maximum atomic E-state index is 3.35. The van der Waals surface area contributed by atoms with E-state index >= 15 is 0 Å². The summed E-state index contributed by atoms with van der Waals surface area (Å²) < 4.78 is 0. The lowest BCUT2D eigenvalue weighted by molar-refractivity contribution is 0.162. The maximum absolute atomic E-state index is 3.35. The van der Waals surface area contributed by atoms with Gasteiger partial charge in [0.1, 0.15) is 0 Å². The maximum Gasteiger partial charge on any atom is 0.0223 e. The number of rotatable bonds is 3. The van der Waals surface area contributed by atoms with Gasteiger partial charge in [0.25, 0.3) is 0 Å². The van der Waals surface area contributed by atoms with E-state index in [-0.39, 0.29) is 0 Å². The van der Waals surface area contributed by atoms with Crippen molar-refractivity contribution in [2.24, 2.45) is 0 Å². The molecule has 2 saturated heterocycles. The van der Waals surface area contributed by atoms with Crippen LogP contribution >= 0.6 is 0 Å². The van der Waals surface area contributed by atoms with Crippen LogP contribution in [0.15, 0.2) is 0 Å². The monoisotopic (exact) mass is 225 g/mol. The molecule has 2 aliphatic rings. The Morgan fingerprint density at radius 3 is 2.69 bits per heavy atom. The predicted octanol–water partition coefficient (Wildman–Crippen LogP) is 1.15. The molecule has 94 valence electrons. The van der Waals surface area contributed by atoms with E-state index in [0.717, 1.165) is 12.1 Å². The lowest BCUT2D eigenvalue weighted by atomic mass is 10.1. The summed E-state index contributed by atoms with van der Waals surface area (Å²) in [6.07, 6.45) is 6.96. The average Bonchev–Trinajstić information content (AvgIpc) is 2.61. The highest BCUT2D eigenvalue weighted by Crippen LogP contribution is 2.25. The van der Waals surface area contributed by atoms with Gasteiger partial charge in [0.2, 0.25) is 0 Å². The van der Waals surface area contributed by atoms with Gasteiger partial charge in [0.15, 0.2) is 0 Å². The summed E-state index contributed by atoms with van der Waals surface area (Å²) in [6, 6.07) is 1.66. The zero-order valence-electron chi connectivity index (χ0n) is 10.9. The highest BCUT2D eigenvalue weighted by Gasteiger charge is 2.30. The van der Waals surface area contributed by atoms with Crippen LogP contribution < -0.4 is 5.32 Å². The van der Waals surface area contributed by atoms with Gasteiger partial charge in [0, 0.05) is 18.6 Å². The molecule has 2 fully saturated rings. The quantitative estimate of drug-likeness (QED) is 0.777. The summed E-state index contributed by atoms with van der Waals surface area (Å²) in [4.78, 5) is 5.28. The van der Waals surface area contributed by atoms with E-state index in [0.29, 0.717) is 0 Å². The molecule has 3 heteroatoms. The molecular weight excluding hydrogens is 198 g/mol. The lowest BCUT2D eigenvalue weighted by Crippen LogP contribution is -2.43. The zero-order valence-corrected chi connectivity index (χ0v) is 10.9. The summed E-state index contributed by atoms with van der Waals surface area (Å²) in [5.41, 5.74) is 0. The zero-order chi connectivity index (χ0) is 11.4. The van der Waals surface area contributed by atoms with Gasteiger partial charge in [0.05, 0.1) is 0 Å². The number of hydrogen-bond donors (Lipinski definition) is 1. The molecule has 0 aromatic carbocycles. The van der Waals surface area contributed by atoms with Crippen LogP contribution in [0.4, 0.5) is 0 Å². The second-order valence-corrected chi connectivity index (χ2v) is 5.48. The smallest absolute Gasteiger partial charge is 0.0223 e. The summed E-state index contributed by atoms with van der Waals surface area (Å²) in [5.74, 6) is 0. The predicted molar refractivity (Wildman–Crippen MR) is 68.8 cm³/mol. The summed E-state index contributed by atoms with van der Waals surface area (Å²) in [5, 5.41) is 3.35. The van der Waals surface area contributed by atoms with Gasteiger partial charge in [-0.15, -0.1) is 0 Å². The van der Waals surface area contributed by atoms with Crippen molar-refractivity contribution in [3.8, 4) is 0 Å². The van der Waals surface area contributed by atoms with Gasteiger partial charge in [-0.1, -0.05) is 0 Å². The van der Waals surface area contributed by atoms with E-state index < -0.39 is 0 Å². The molecule has 0 aliphatic carbocycles. The number of nitrogens with one attached hydrogen (secondary N) is 1. The molecule has 1 N–H and O–H groups in total. The molecule has 2 rings (SSSR count). The Kier molecular flexibility index (Phi) is 4.62. The van der Waals surface area contributed by atoms with Crippen molar-refractivity contribution in [1.29, 1.82) is 0 Å². The molecule has 0 aromatic heterocycles. The molecular formula is C13H27N3. The van der Waals surface area contributed by atoms with Gasteiger partial charge in [-0.25, -0.2) is 0 Å². The Hall–Kier alpha value is -0.120. The molecule has 0 spiro atoms. The molecule has 16 heavy (non-hydrogen) atoms. The number of likely N-dealkylation sites (N-methyl/N-ethyl adjacent to an activating group) is 1. The fourth-order valence-corrected chi connectivity index (χ4v) is 3.35. The van der Waals surface area contributed by atoms with Crippen LogP contribution in [0.3, 0.4) is 0 Å². The number of hydrogen-bond acceptors (Lipinski definition) is 3. The third-order valence-corrected chi connectivity index (χ3v) is 4.25. The fourth-order valence-electron chi connectivity index (χ4n) is 3.35. The largest absolute Gasteiger partial charge is 0.318 e. The van der Waals surface area contributed by atoms with Crippen molar-refractivity contribution < 1.29 is 0 Å². The summed E-state index contributed by atoms with van der Waals surface area (Å²) >= 11 is 0. The van der Waals surface area contributed by atoms with E-state index in [1.807, 2.05) is 0 Å². The van der Waals surface area contributed by atoms with Gasteiger partial charge in [-0.2, -0.15) is 0 Å². The van der Waals surface area contributed by atoms with Crippen molar-refractivity contribution in [3.63, 3.8) is 0 Å². The Bertz CT molecular complexity index is 207. The van der Waals surface area contributed by atoms with Crippen molar-refractivity contribution in [2.75, 3.05) is 40.3 Å². The van der Waals surface area contributed by atoms with Crippen LogP contribution in [-0.4, -0.2) is 62.2 Å². The molecule has 2 atom stereocenters. The molecule has 0 aromatic rings. The molecule has 0 radical (unpaired) electrons. The molecule has 0 saturated carbocycles. The minimum absolute atomic E-state index is 0.804. The Labute approximate surface area is 100 Å². The van der Waals surface area contributed by atoms with Crippen molar-refractivity contribution >= 4 is 0 Å². The van der Waals surface area contributed by atoms with Gasteiger partial charge in [-0.3, -0.25) is 4.90 Å². The minimum atomic E-state index is 0.804. The van der Waals surface area contributed by atoms with Crippen LogP contribution in [0.5, 0.6) is 0 Å². The van der Waals surface area contributed by atoms with Crippen LogP contribution in [0.2, 0.25) is 0 Å². The highest BCUT2D eigenvalue weighted by atomic mass is 15.2. The first-order chi connectivity index (χ1) is 7.81. The lowest BCUT2D eigenvalue weighted by Gasteiger charge is -2.32. The Morgan fingerprint density at radius 1 is 1.06 bits per heavy atom. The molecule has 0 amide bonds. The second-order valence-electron chi connectivity index (χ2n) is 5.48. The molecule has 2 heterocycles. The van der Waals surface area contributed by atoms with E-state index in [2.05, 4.69) is 29.2 Å². The standard InChI is InChI=1S/C13H27N3/c1-14-11-13-6-4-9-16(13)12-5-3-8-15(2)10-7-12/h12-14H,3-11H2,1-2H3. The van der Waals surface area contributed by atoms with Crippen molar-refractivity contribution in [1.82, 2.24) is 15.1 Å². The highest BCUT2D eigenvalue weighted by molar-refractivity contribution is 4.87. The van der Waals surface area contributed by atoms with E-state index in [1.165, 1.54) is 58.3 Å².